The number of Topliss-reactive ketones (excluding diaryl/α,β-unsaturated/α-hetero) is 1. The van der Waals surface area contributed by atoms with E-state index in [0.717, 1.165) is 33.4 Å². The van der Waals surface area contributed by atoms with Crippen LogP contribution < -0.4 is 26.0 Å². The Balaban J connectivity index is 1.33. The predicted octanol–water partition coefficient (Wildman–Crippen LogP) is 3.02. The molecular weight excluding hydrogens is 730 g/mol. The third kappa shape index (κ3) is 14.3. The Bertz CT molecular complexity index is 1900. The van der Waals surface area contributed by atoms with E-state index < -0.39 is 53.4 Å². The van der Waals surface area contributed by atoms with Crippen molar-refractivity contribution in [3.05, 3.63) is 95.1 Å². The molecule has 1 aliphatic carbocycles. The lowest BCUT2D eigenvalue weighted by molar-refractivity contribution is -0.261. The van der Waals surface area contributed by atoms with E-state index in [2.05, 4.69) is 25.6 Å². The van der Waals surface area contributed by atoms with Gasteiger partial charge < -0.3 is 45.0 Å². The Labute approximate surface area is 334 Å². The quantitative estimate of drug-likeness (QED) is 0.161. The Morgan fingerprint density at radius 3 is 1.61 bits per heavy atom. The Hall–Kier alpha value is -5.92. The van der Waals surface area contributed by atoms with Crippen LogP contribution in [0, 0.1) is 0 Å². The summed E-state index contributed by atoms with van der Waals surface area (Å²) in [5.41, 5.74) is 4.16. The zero-order valence-electron chi connectivity index (χ0n) is 33.6. The van der Waals surface area contributed by atoms with Crippen LogP contribution in [0.4, 0.5) is 0 Å². The summed E-state index contributed by atoms with van der Waals surface area (Å²) in [6, 6.07) is 20.6. The van der Waals surface area contributed by atoms with Gasteiger partial charge in [0.1, 0.15) is 36.1 Å². The molecule has 0 radical (unpaired) electrons. The number of nitrogens with one attached hydrogen (secondary N) is 2. The molecule has 306 valence electrons. The van der Waals surface area contributed by atoms with Crippen LogP contribution in [0.5, 0.6) is 0 Å². The molecule has 2 atom stereocenters. The molecule has 1 aliphatic rings. The smallest absolute Gasteiger partial charge is 0.245 e. The minimum Gasteiger partial charge on any atom is -0.599 e. The fraction of sp³-hybridized carbons (Fsp3) is 0.442. The lowest BCUT2D eigenvalue weighted by Gasteiger charge is -2.30. The number of carbonyl (C=O) groups excluding carboxylic acids is 3. The average Bonchev–Trinajstić information content (AvgIpc) is 3.45. The zero-order chi connectivity index (χ0) is 41.8. The van der Waals surface area contributed by atoms with Crippen LogP contribution in [-0.2, 0) is 41.7 Å². The van der Waals surface area contributed by atoms with Crippen LogP contribution in [0.25, 0.3) is 11.1 Å². The van der Waals surface area contributed by atoms with Gasteiger partial charge in [0.05, 0.1) is 0 Å². The molecule has 3 aromatic carbocycles. The number of fused-ring (bicyclic) bond motifs is 3. The summed E-state index contributed by atoms with van der Waals surface area (Å²) in [7, 11) is 0. The first-order valence-corrected chi connectivity index (χ1v) is 18.9. The highest BCUT2D eigenvalue weighted by molar-refractivity contribution is 5.85. The number of rotatable bonds is 16. The zero-order valence-corrected chi connectivity index (χ0v) is 33.6. The average molecular weight is 783 g/mol. The molecule has 0 aromatic heterocycles. The molecule has 0 fully saturated rings. The monoisotopic (exact) mass is 782 g/mol. The molecule has 0 saturated carbocycles. The standard InChI is InChI=1S/C43H55N5O9/c1-27(49)16-21-35(47-40(53)55-26-34-32-14-10-8-12-30(32)31-13-9-11-15-33(31)34)37(50)45-24-28-17-19-29(20-18-28)25-46-38(51)36(48-41(54)57-43(5,6)7)22-23-44-39(52)56-42(2,3)4/h8-15,17-20,34-36H,16,21-26H2,1-7H3,(H,44,52)(H,45,50)(H,46,51)(H,47,53)(H,48,54)/p-3/t35-,36+/m0/s1. The first-order chi connectivity index (χ1) is 26.9. The second-order valence-corrected chi connectivity index (χ2v) is 15.7. The molecule has 0 aliphatic heterocycles. The third-order valence-electron chi connectivity index (χ3n) is 8.62. The van der Waals surface area contributed by atoms with E-state index in [1.807, 2.05) is 48.5 Å². The molecule has 0 saturated heterocycles. The van der Waals surface area contributed by atoms with E-state index in [4.69, 9.17) is 14.2 Å². The summed E-state index contributed by atoms with van der Waals surface area (Å²) in [6.07, 6.45) is -2.52. The van der Waals surface area contributed by atoms with Crippen molar-refractivity contribution in [3.63, 3.8) is 0 Å². The molecule has 14 nitrogen and oxygen atoms in total. The van der Waals surface area contributed by atoms with Crippen molar-refractivity contribution in [1.29, 1.82) is 0 Å². The van der Waals surface area contributed by atoms with E-state index in [-0.39, 0.29) is 57.2 Å². The third-order valence-corrected chi connectivity index (χ3v) is 8.62. The van der Waals surface area contributed by atoms with E-state index >= 15 is 0 Å². The van der Waals surface area contributed by atoms with Crippen molar-refractivity contribution < 1.29 is 43.9 Å². The topological polar surface area (TPSA) is 209 Å². The number of benzene rings is 3. The van der Waals surface area contributed by atoms with Gasteiger partial charge >= 0.3 is 0 Å². The lowest BCUT2D eigenvalue weighted by atomic mass is 9.98. The molecule has 4 rings (SSSR count). The fourth-order valence-corrected chi connectivity index (χ4v) is 5.98. The highest BCUT2D eigenvalue weighted by atomic mass is 16.6. The van der Waals surface area contributed by atoms with Crippen LogP contribution in [-0.4, -0.2) is 72.3 Å². The highest BCUT2D eigenvalue weighted by Gasteiger charge is 2.27. The molecule has 3 aromatic rings. The SMILES string of the molecule is CC(=O)CC[C@H](N=C([O-])OCC1c2ccccc2-c2ccccc21)C(=O)NCc1ccc(CNC(=O)[C@@H](CCN=C([O-])OC(C)(C)C)N=C([O-])OC(C)(C)C)cc1. The number of ether oxygens (including phenoxy) is 3. The molecular formula is C43H52N5O9-3. The van der Waals surface area contributed by atoms with Crippen molar-refractivity contribution in [3.8, 4) is 11.1 Å². The van der Waals surface area contributed by atoms with Crippen LogP contribution in [0.3, 0.4) is 0 Å². The van der Waals surface area contributed by atoms with Crippen LogP contribution >= 0.6 is 0 Å². The summed E-state index contributed by atoms with van der Waals surface area (Å²) < 4.78 is 16.0. The fourth-order valence-electron chi connectivity index (χ4n) is 5.98. The van der Waals surface area contributed by atoms with Crippen LogP contribution in [0.2, 0.25) is 0 Å². The molecule has 0 bridgehead atoms. The molecule has 0 unspecified atom stereocenters. The first kappa shape index (κ1) is 43.8. The summed E-state index contributed by atoms with van der Waals surface area (Å²) in [6.45, 7) is 11.7. The molecule has 14 heteroatoms. The van der Waals surface area contributed by atoms with E-state index in [1.165, 1.54) is 6.92 Å². The summed E-state index contributed by atoms with van der Waals surface area (Å²) in [4.78, 5) is 49.9. The normalized spacial score (nSPS) is 14.5. The van der Waals surface area contributed by atoms with Gasteiger partial charge in [0.15, 0.2) is 0 Å². The summed E-state index contributed by atoms with van der Waals surface area (Å²) >= 11 is 0. The van der Waals surface area contributed by atoms with Gasteiger partial charge in [0.25, 0.3) is 0 Å². The van der Waals surface area contributed by atoms with Gasteiger partial charge in [-0.15, -0.1) is 0 Å². The van der Waals surface area contributed by atoms with Gasteiger partial charge in [-0.05, 0) is 53.1 Å². The van der Waals surface area contributed by atoms with Gasteiger partial charge in [0, 0.05) is 49.8 Å². The Morgan fingerprint density at radius 1 is 0.667 bits per heavy atom. The van der Waals surface area contributed by atoms with Crippen molar-refractivity contribution >= 4 is 35.8 Å². The lowest BCUT2D eigenvalue weighted by Crippen LogP contribution is -2.38. The molecule has 0 spiro atoms. The van der Waals surface area contributed by atoms with E-state index in [9.17, 15) is 29.7 Å². The number of carbonyl (C=O) groups is 3. The Morgan fingerprint density at radius 2 is 1.12 bits per heavy atom. The van der Waals surface area contributed by atoms with Crippen LogP contribution in [0.15, 0.2) is 87.8 Å². The van der Waals surface area contributed by atoms with E-state index in [1.54, 1.807) is 65.8 Å². The second-order valence-electron chi connectivity index (χ2n) is 15.7. The second kappa shape index (κ2) is 19.8. The maximum atomic E-state index is 13.2. The first-order valence-electron chi connectivity index (χ1n) is 18.9. The highest BCUT2D eigenvalue weighted by Crippen LogP contribution is 2.44. The van der Waals surface area contributed by atoms with Crippen molar-refractivity contribution in [2.75, 3.05) is 13.2 Å². The van der Waals surface area contributed by atoms with Gasteiger partial charge in [-0.25, -0.2) is 0 Å². The van der Waals surface area contributed by atoms with Gasteiger partial charge in [-0.3, -0.25) is 24.6 Å². The van der Waals surface area contributed by atoms with Crippen molar-refractivity contribution in [2.24, 2.45) is 15.0 Å². The molecule has 2 amide bonds. The number of hydrogen-bond acceptors (Lipinski definition) is 12. The molecule has 0 heterocycles. The van der Waals surface area contributed by atoms with Crippen LogP contribution in [0.1, 0.15) is 95.9 Å². The molecule has 57 heavy (non-hydrogen) atoms. The van der Waals surface area contributed by atoms with Crippen molar-refractivity contribution in [2.45, 2.75) is 110 Å². The minimum atomic E-state index is -1.17. The summed E-state index contributed by atoms with van der Waals surface area (Å²) in [5.74, 6) is -1.40. The number of hydrogen-bond donors (Lipinski definition) is 2. The summed E-state index contributed by atoms with van der Waals surface area (Å²) in [5, 5.41) is 42.9. The maximum Gasteiger partial charge on any atom is 0.245 e. The predicted molar refractivity (Wildman–Crippen MR) is 211 cm³/mol. The largest absolute Gasteiger partial charge is 0.599 e. The van der Waals surface area contributed by atoms with Gasteiger partial charge in [0.2, 0.25) is 11.8 Å². The number of aliphatic imine (C=N–C) groups is 3. The Kier molecular flexibility index (Phi) is 15.2. The van der Waals surface area contributed by atoms with Crippen molar-refractivity contribution in [1.82, 2.24) is 10.6 Å². The number of nitrogens with zero attached hydrogens (tertiary/aromatic N) is 3. The number of amides is 2. The number of ketones is 1. The van der Waals surface area contributed by atoms with Gasteiger partial charge in [-0.1, -0.05) is 114 Å². The minimum absolute atomic E-state index is 0.0378. The van der Waals surface area contributed by atoms with Gasteiger partial charge in [-0.2, -0.15) is 0 Å². The maximum absolute atomic E-state index is 13.2. The molecule has 2 N–H and O–H groups in total. The van der Waals surface area contributed by atoms with E-state index in [0.29, 0.717) is 0 Å².